The minimum Gasteiger partial charge on any atom is -0.372 e. The molecule has 0 aromatic heterocycles. The Kier molecular flexibility index (Phi) is 3.83. The zero-order chi connectivity index (χ0) is 11.4. The van der Waals surface area contributed by atoms with E-state index in [4.69, 9.17) is 5.73 Å². The number of anilines is 1. The monoisotopic (exact) mass is 218 g/mol. The Balaban J connectivity index is 1.96. The van der Waals surface area contributed by atoms with E-state index >= 15 is 0 Å². The molecule has 2 nitrogen and oxygen atoms in total. The molecule has 0 radical (unpaired) electrons. The van der Waals surface area contributed by atoms with Crippen molar-refractivity contribution >= 4 is 5.69 Å². The molecular weight excluding hydrogens is 196 g/mol. The Bertz CT molecular complexity index is 310. The van der Waals surface area contributed by atoms with Gasteiger partial charge in [0.15, 0.2) is 0 Å². The first-order valence-corrected chi connectivity index (χ1v) is 6.35. The Labute approximate surface area is 98.4 Å². The predicted octanol–water partition coefficient (Wildman–Crippen LogP) is 2.64. The smallest absolute Gasteiger partial charge is 0.0366 e. The lowest BCUT2D eigenvalue weighted by Crippen LogP contribution is -2.29. The van der Waals surface area contributed by atoms with E-state index in [0.29, 0.717) is 6.04 Å². The average molecular weight is 218 g/mol. The summed E-state index contributed by atoms with van der Waals surface area (Å²) in [6.45, 7) is 4.46. The number of nitrogens with zero attached hydrogens (tertiary/aromatic N) is 1. The van der Waals surface area contributed by atoms with Crippen LogP contribution in [0.2, 0.25) is 0 Å². The van der Waals surface area contributed by atoms with Gasteiger partial charge in [-0.1, -0.05) is 18.2 Å². The van der Waals surface area contributed by atoms with E-state index in [1.54, 1.807) is 0 Å². The molecule has 2 heteroatoms. The highest BCUT2D eigenvalue weighted by Gasteiger charge is 2.23. The molecule has 0 amide bonds. The molecule has 1 fully saturated rings. The van der Waals surface area contributed by atoms with Crippen molar-refractivity contribution in [2.24, 2.45) is 11.7 Å². The zero-order valence-corrected chi connectivity index (χ0v) is 10.1. The summed E-state index contributed by atoms with van der Waals surface area (Å²) in [5, 5.41) is 0. The van der Waals surface area contributed by atoms with Crippen LogP contribution in [0.1, 0.15) is 26.2 Å². The molecule has 1 aliphatic rings. The van der Waals surface area contributed by atoms with Crippen molar-refractivity contribution in [3.8, 4) is 0 Å². The molecule has 0 heterocycles. The molecule has 0 spiro atoms. The first-order valence-electron chi connectivity index (χ1n) is 6.35. The van der Waals surface area contributed by atoms with E-state index in [-0.39, 0.29) is 0 Å². The highest BCUT2D eigenvalue weighted by atomic mass is 15.1. The molecule has 0 saturated heterocycles. The summed E-state index contributed by atoms with van der Waals surface area (Å²) in [6.07, 6.45) is 3.70. The van der Waals surface area contributed by atoms with Crippen LogP contribution in [0.15, 0.2) is 30.3 Å². The normalized spacial score (nSPS) is 24.6. The van der Waals surface area contributed by atoms with Crippen LogP contribution >= 0.6 is 0 Å². The van der Waals surface area contributed by atoms with E-state index < -0.39 is 0 Å². The Morgan fingerprint density at radius 3 is 2.56 bits per heavy atom. The third kappa shape index (κ3) is 2.76. The number of benzene rings is 1. The van der Waals surface area contributed by atoms with Gasteiger partial charge in [-0.3, -0.25) is 0 Å². The van der Waals surface area contributed by atoms with Crippen LogP contribution in [-0.4, -0.2) is 19.1 Å². The van der Waals surface area contributed by atoms with Crippen molar-refractivity contribution in [3.05, 3.63) is 30.3 Å². The lowest BCUT2D eigenvalue weighted by atomic mass is 10.1. The van der Waals surface area contributed by atoms with Gasteiger partial charge in [-0.25, -0.2) is 0 Å². The molecule has 1 aromatic rings. The van der Waals surface area contributed by atoms with E-state index in [9.17, 15) is 0 Å². The number of rotatable bonds is 4. The highest BCUT2D eigenvalue weighted by Crippen LogP contribution is 2.26. The molecule has 2 unspecified atom stereocenters. The van der Waals surface area contributed by atoms with Crippen molar-refractivity contribution in [3.63, 3.8) is 0 Å². The molecule has 0 bridgehead atoms. The van der Waals surface area contributed by atoms with Gasteiger partial charge in [0.2, 0.25) is 0 Å². The van der Waals surface area contributed by atoms with Crippen LogP contribution in [0.3, 0.4) is 0 Å². The van der Waals surface area contributed by atoms with Gasteiger partial charge in [-0.05, 0) is 44.2 Å². The third-order valence-corrected chi connectivity index (χ3v) is 3.56. The number of hydrogen-bond donors (Lipinski definition) is 1. The Hall–Kier alpha value is -1.02. The Morgan fingerprint density at radius 1 is 1.25 bits per heavy atom. The summed E-state index contributed by atoms with van der Waals surface area (Å²) in [5.41, 5.74) is 7.30. The lowest BCUT2D eigenvalue weighted by Gasteiger charge is -2.26. The minimum atomic E-state index is 0.444. The lowest BCUT2D eigenvalue weighted by molar-refractivity contribution is 0.526. The van der Waals surface area contributed by atoms with E-state index in [1.165, 1.54) is 24.9 Å². The van der Waals surface area contributed by atoms with Gasteiger partial charge >= 0.3 is 0 Å². The average Bonchev–Trinajstić information content (AvgIpc) is 2.73. The van der Waals surface area contributed by atoms with Crippen LogP contribution in [0.25, 0.3) is 0 Å². The molecule has 2 N–H and O–H groups in total. The second kappa shape index (κ2) is 5.35. The maximum atomic E-state index is 5.96. The molecular formula is C14H22N2. The topological polar surface area (TPSA) is 29.3 Å². The summed E-state index contributed by atoms with van der Waals surface area (Å²) in [5.74, 6) is 0.787. The minimum absolute atomic E-state index is 0.444. The van der Waals surface area contributed by atoms with Crippen LogP contribution < -0.4 is 10.6 Å². The predicted molar refractivity (Wildman–Crippen MR) is 69.6 cm³/mol. The van der Waals surface area contributed by atoms with Crippen molar-refractivity contribution in [1.29, 1.82) is 0 Å². The first kappa shape index (κ1) is 11.5. The van der Waals surface area contributed by atoms with Gasteiger partial charge in [-0.2, -0.15) is 0 Å². The van der Waals surface area contributed by atoms with Gasteiger partial charge in [0.25, 0.3) is 0 Å². The first-order chi connectivity index (χ1) is 7.79. The Morgan fingerprint density at radius 2 is 2.00 bits per heavy atom. The van der Waals surface area contributed by atoms with Crippen LogP contribution in [0.4, 0.5) is 5.69 Å². The van der Waals surface area contributed by atoms with Gasteiger partial charge in [0, 0.05) is 24.8 Å². The second-order valence-corrected chi connectivity index (χ2v) is 4.81. The fourth-order valence-corrected chi connectivity index (χ4v) is 2.65. The van der Waals surface area contributed by atoms with Crippen molar-refractivity contribution < 1.29 is 0 Å². The number of hydrogen-bond acceptors (Lipinski definition) is 2. The molecule has 88 valence electrons. The summed E-state index contributed by atoms with van der Waals surface area (Å²) in [4.78, 5) is 2.46. The SMILES string of the molecule is CCN(CC1CCC(N)C1)c1ccccc1. The fraction of sp³-hybridized carbons (Fsp3) is 0.571. The summed E-state index contributed by atoms with van der Waals surface area (Å²) in [7, 11) is 0. The van der Waals surface area contributed by atoms with Crippen LogP contribution in [0.5, 0.6) is 0 Å². The van der Waals surface area contributed by atoms with Gasteiger partial charge in [0.1, 0.15) is 0 Å². The summed E-state index contributed by atoms with van der Waals surface area (Å²) < 4.78 is 0. The van der Waals surface area contributed by atoms with E-state index in [0.717, 1.165) is 19.0 Å². The van der Waals surface area contributed by atoms with Crippen molar-refractivity contribution in [2.45, 2.75) is 32.2 Å². The maximum Gasteiger partial charge on any atom is 0.0366 e. The van der Waals surface area contributed by atoms with Gasteiger partial charge in [-0.15, -0.1) is 0 Å². The molecule has 1 saturated carbocycles. The second-order valence-electron chi connectivity index (χ2n) is 4.81. The van der Waals surface area contributed by atoms with E-state index in [1.807, 2.05) is 0 Å². The summed E-state index contributed by atoms with van der Waals surface area (Å²) >= 11 is 0. The van der Waals surface area contributed by atoms with Gasteiger partial charge in [0.05, 0.1) is 0 Å². The van der Waals surface area contributed by atoms with Crippen LogP contribution in [0, 0.1) is 5.92 Å². The maximum absolute atomic E-state index is 5.96. The van der Waals surface area contributed by atoms with Crippen LogP contribution in [-0.2, 0) is 0 Å². The summed E-state index contributed by atoms with van der Waals surface area (Å²) in [6, 6.07) is 11.1. The zero-order valence-electron chi connectivity index (χ0n) is 10.1. The van der Waals surface area contributed by atoms with E-state index in [2.05, 4.69) is 42.2 Å². The van der Waals surface area contributed by atoms with Gasteiger partial charge < -0.3 is 10.6 Å². The number of nitrogens with two attached hydrogens (primary N) is 1. The molecule has 0 aliphatic heterocycles. The largest absolute Gasteiger partial charge is 0.372 e. The quantitative estimate of drug-likeness (QED) is 0.842. The highest BCUT2D eigenvalue weighted by molar-refractivity contribution is 5.45. The molecule has 1 aliphatic carbocycles. The number of para-hydroxylation sites is 1. The molecule has 16 heavy (non-hydrogen) atoms. The van der Waals surface area contributed by atoms with Crippen molar-refractivity contribution in [2.75, 3.05) is 18.0 Å². The fourth-order valence-electron chi connectivity index (χ4n) is 2.65. The third-order valence-electron chi connectivity index (χ3n) is 3.56. The molecule has 1 aromatic carbocycles. The van der Waals surface area contributed by atoms with Crippen molar-refractivity contribution in [1.82, 2.24) is 0 Å². The molecule has 2 rings (SSSR count). The standard InChI is InChI=1S/C14H22N2/c1-2-16(14-6-4-3-5-7-14)11-12-8-9-13(15)10-12/h3-7,12-13H,2,8-11,15H2,1H3. The molecule has 2 atom stereocenters.